The Morgan fingerprint density at radius 1 is 0.808 bits per heavy atom. The molecule has 2 aliphatic carbocycles. The van der Waals surface area contributed by atoms with E-state index in [1.165, 1.54) is 0 Å². The Labute approximate surface area is 187 Å². The fraction of sp³-hybridized carbons (Fsp3) is 0.556. The van der Waals surface area contributed by atoms with Crippen molar-refractivity contribution in [2.45, 2.75) is 46.2 Å². The second-order valence-electron chi connectivity index (χ2n) is 7.61. The van der Waals surface area contributed by atoms with Crippen LogP contribution in [0.25, 0.3) is 0 Å². The van der Waals surface area contributed by atoms with Crippen LogP contribution >= 0.6 is 63.7 Å². The minimum Gasteiger partial charge on any atom is -0.351 e. The maximum atomic E-state index is 12.3. The molecule has 3 rings (SSSR count). The summed E-state index contributed by atoms with van der Waals surface area (Å²) in [7, 11) is 0. The number of nitrogens with one attached hydrogen (secondary N) is 2. The first-order chi connectivity index (χ1) is 11.9. The molecule has 2 aliphatic rings. The second kappa shape index (κ2) is 6.85. The number of amides is 2. The van der Waals surface area contributed by atoms with E-state index < -0.39 is 10.8 Å². The van der Waals surface area contributed by atoms with Crippen molar-refractivity contribution in [3.8, 4) is 0 Å². The van der Waals surface area contributed by atoms with Crippen LogP contribution in [-0.4, -0.2) is 18.3 Å². The quantitative estimate of drug-likeness (QED) is 0.456. The van der Waals surface area contributed by atoms with E-state index in [0.717, 1.165) is 24.0 Å². The predicted octanol–water partition coefficient (Wildman–Crippen LogP) is 4.71. The van der Waals surface area contributed by atoms with Gasteiger partial charge in [-0.1, -0.05) is 88.0 Å². The van der Waals surface area contributed by atoms with Crippen molar-refractivity contribution in [1.82, 2.24) is 10.6 Å². The number of benzene rings is 1. The molecule has 2 atom stereocenters. The van der Waals surface area contributed by atoms with E-state index in [1.807, 2.05) is 38.1 Å². The zero-order valence-electron chi connectivity index (χ0n) is 14.5. The van der Waals surface area contributed by atoms with Crippen LogP contribution < -0.4 is 10.6 Å². The van der Waals surface area contributed by atoms with E-state index in [1.54, 1.807) is 0 Å². The lowest BCUT2D eigenvalue weighted by Gasteiger charge is -2.14. The smallest absolute Gasteiger partial charge is 0.228 e. The highest BCUT2D eigenvalue weighted by Crippen LogP contribution is 2.67. The minimum atomic E-state index is -0.407. The summed E-state index contributed by atoms with van der Waals surface area (Å²) in [5, 5.41) is 5.97. The van der Waals surface area contributed by atoms with Crippen LogP contribution in [0, 0.1) is 10.8 Å². The predicted molar refractivity (Wildman–Crippen MR) is 117 cm³/mol. The minimum absolute atomic E-state index is 0.0355. The van der Waals surface area contributed by atoms with Gasteiger partial charge in [-0.15, -0.1) is 0 Å². The summed E-state index contributed by atoms with van der Waals surface area (Å²) in [6.07, 6.45) is 1.54. The molecule has 26 heavy (non-hydrogen) atoms. The van der Waals surface area contributed by atoms with E-state index in [2.05, 4.69) is 74.4 Å². The van der Waals surface area contributed by atoms with Crippen molar-refractivity contribution < 1.29 is 9.59 Å². The topological polar surface area (TPSA) is 58.2 Å². The van der Waals surface area contributed by atoms with Gasteiger partial charge in [0, 0.05) is 13.1 Å². The molecule has 0 radical (unpaired) electrons. The van der Waals surface area contributed by atoms with E-state index >= 15 is 0 Å². The molecule has 0 unspecified atom stereocenters. The molecule has 2 fully saturated rings. The second-order valence-corrected chi connectivity index (χ2v) is 15.2. The summed E-state index contributed by atoms with van der Waals surface area (Å²) in [5.41, 5.74) is 1.25. The first kappa shape index (κ1) is 20.8. The molecule has 4 nitrogen and oxygen atoms in total. The van der Waals surface area contributed by atoms with Crippen molar-refractivity contribution >= 4 is 75.5 Å². The van der Waals surface area contributed by atoms with Gasteiger partial charge in [0.05, 0.1) is 17.3 Å². The highest BCUT2D eigenvalue weighted by molar-refractivity contribution is 9.26. The van der Waals surface area contributed by atoms with Gasteiger partial charge in [-0.2, -0.15) is 0 Å². The third kappa shape index (κ3) is 3.80. The molecule has 2 saturated carbocycles. The lowest BCUT2D eigenvalue weighted by molar-refractivity contribution is -0.126. The van der Waals surface area contributed by atoms with Crippen molar-refractivity contribution in [2.24, 2.45) is 10.8 Å². The highest BCUT2D eigenvalue weighted by Gasteiger charge is 2.67. The SMILES string of the molecule is C[C@]1(C(=O)NCc2ccc(CNC(=O)[C@@]3(C)CC3(Br)Br)cc2)CC1(Br)Br. The van der Waals surface area contributed by atoms with Crippen LogP contribution in [0.4, 0.5) is 0 Å². The number of hydrogen-bond acceptors (Lipinski definition) is 2. The monoisotopic (exact) mass is 612 g/mol. The van der Waals surface area contributed by atoms with Gasteiger partial charge < -0.3 is 10.6 Å². The van der Waals surface area contributed by atoms with Crippen LogP contribution in [-0.2, 0) is 22.7 Å². The fourth-order valence-electron chi connectivity index (χ4n) is 2.82. The number of carbonyl (C=O) groups is 2. The number of carbonyl (C=O) groups excluding carboxylic acids is 2. The van der Waals surface area contributed by atoms with Crippen molar-refractivity contribution in [3.63, 3.8) is 0 Å². The molecular formula is C18H20Br4N2O2. The van der Waals surface area contributed by atoms with Crippen LogP contribution in [0.5, 0.6) is 0 Å². The summed E-state index contributed by atoms with van der Waals surface area (Å²) in [6, 6.07) is 7.91. The van der Waals surface area contributed by atoms with Gasteiger partial charge in [0.1, 0.15) is 0 Å². The zero-order chi connectivity index (χ0) is 19.4. The maximum absolute atomic E-state index is 12.3. The molecule has 1 aromatic carbocycles. The van der Waals surface area contributed by atoms with E-state index in [-0.39, 0.29) is 18.3 Å². The fourth-order valence-corrected chi connectivity index (χ4v) is 5.79. The van der Waals surface area contributed by atoms with E-state index in [9.17, 15) is 9.59 Å². The molecule has 0 heterocycles. The van der Waals surface area contributed by atoms with Gasteiger partial charge >= 0.3 is 0 Å². The normalized spacial score (nSPS) is 30.4. The first-order valence-corrected chi connectivity index (χ1v) is 11.5. The Hall–Kier alpha value is 0.0800. The molecule has 142 valence electrons. The summed E-state index contributed by atoms with van der Waals surface area (Å²) >= 11 is 14.1. The maximum Gasteiger partial charge on any atom is 0.228 e. The Morgan fingerprint density at radius 2 is 1.08 bits per heavy atom. The molecule has 0 bridgehead atoms. The zero-order valence-corrected chi connectivity index (χ0v) is 20.8. The molecule has 0 aromatic heterocycles. The Morgan fingerprint density at radius 3 is 1.31 bits per heavy atom. The van der Waals surface area contributed by atoms with Gasteiger partial charge in [-0.05, 0) is 37.8 Å². The van der Waals surface area contributed by atoms with Crippen LogP contribution in [0.15, 0.2) is 24.3 Å². The average molecular weight is 616 g/mol. The summed E-state index contributed by atoms with van der Waals surface area (Å²) in [4.78, 5) is 24.6. The average Bonchev–Trinajstić information content (AvgIpc) is 3.31. The summed E-state index contributed by atoms with van der Waals surface area (Å²) in [5.74, 6) is 0.0709. The van der Waals surface area contributed by atoms with Gasteiger partial charge in [0.25, 0.3) is 0 Å². The van der Waals surface area contributed by atoms with Crippen molar-refractivity contribution in [2.75, 3.05) is 0 Å². The van der Waals surface area contributed by atoms with E-state index in [0.29, 0.717) is 13.1 Å². The lowest BCUT2D eigenvalue weighted by atomic mass is 10.1. The first-order valence-electron chi connectivity index (χ1n) is 8.31. The highest BCUT2D eigenvalue weighted by atomic mass is 79.9. The molecule has 0 aliphatic heterocycles. The number of rotatable bonds is 6. The third-order valence-electron chi connectivity index (χ3n) is 5.45. The van der Waals surface area contributed by atoms with Gasteiger partial charge in [0.15, 0.2) is 0 Å². The van der Waals surface area contributed by atoms with Gasteiger partial charge in [0.2, 0.25) is 11.8 Å². The Bertz CT molecular complexity index is 687. The largest absolute Gasteiger partial charge is 0.351 e. The molecule has 2 amide bonds. The number of alkyl halides is 4. The molecule has 0 spiro atoms. The van der Waals surface area contributed by atoms with Crippen LogP contribution in [0.1, 0.15) is 37.8 Å². The molecule has 1 aromatic rings. The van der Waals surface area contributed by atoms with Crippen LogP contribution in [0.3, 0.4) is 0 Å². The molecule has 2 N–H and O–H groups in total. The van der Waals surface area contributed by atoms with Gasteiger partial charge in [-0.3, -0.25) is 9.59 Å². The lowest BCUT2D eigenvalue weighted by Crippen LogP contribution is -2.33. The van der Waals surface area contributed by atoms with Gasteiger partial charge in [-0.25, -0.2) is 0 Å². The number of hydrogen-bond donors (Lipinski definition) is 2. The standard InChI is InChI=1S/C18H20Br4N2O2/c1-15(9-17(15,19)20)13(25)23-7-11-3-5-12(6-4-11)8-24-14(26)16(2)10-18(16,21)22/h3-6H,7-10H2,1-2H3,(H,23,25)(H,24,26)/t15-,16-/m1/s1. The summed E-state index contributed by atoms with van der Waals surface area (Å²) in [6.45, 7) is 4.86. The summed E-state index contributed by atoms with van der Waals surface area (Å²) < 4.78 is -0.557. The van der Waals surface area contributed by atoms with E-state index in [4.69, 9.17) is 0 Å². The van der Waals surface area contributed by atoms with Crippen LogP contribution in [0.2, 0.25) is 0 Å². The number of halogens is 4. The Kier molecular flexibility index (Phi) is 5.48. The molecule has 8 heteroatoms. The third-order valence-corrected chi connectivity index (χ3v) is 10.1. The Balaban J connectivity index is 1.47. The van der Waals surface area contributed by atoms with Crippen molar-refractivity contribution in [3.05, 3.63) is 35.4 Å². The molecule has 0 saturated heterocycles. The molecular weight excluding hydrogens is 596 g/mol. The van der Waals surface area contributed by atoms with Crippen molar-refractivity contribution in [1.29, 1.82) is 0 Å².